The van der Waals surface area contributed by atoms with E-state index in [2.05, 4.69) is 11.4 Å². The SMILES string of the molecule is CC(=O)N1CCC=C(c2ccc3c(c2)CN(C2CCC(=O)NC2=O)C3=O)C1. The maximum Gasteiger partial charge on any atom is 0.255 e. The molecule has 1 fully saturated rings. The second kappa shape index (κ2) is 6.64. The maximum absolute atomic E-state index is 12.7. The predicted octanol–water partition coefficient (Wildman–Crippen LogP) is 1.08. The number of imide groups is 1. The Morgan fingerprint density at radius 2 is 2.00 bits per heavy atom. The van der Waals surface area contributed by atoms with Gasteiger partial charge in [-0.15, -0.1) is 0 Å². The first kappa shape index (κ1) is 17.5. The van der Waals surface area contributed by atoms with Gasteiger partial charge in [0, 0.05) is 38.5 Å². The van der Waals surface area contributed by atoms with Crippen molar-refractivity contribution in [2.24, 2.45) is 0 Å². The number of rotatable bonds is 2. The Bertz CT molecular complexity index is 889. The fourth-order valence-corrected chi connectivity index (χ4v) is 4.00. The van der Waals surface area contributed by atoms with Gasteiger partial charge in [0.25, 0.3) is 5.91 Å². The number of amides is 4. The third-order valence-electron chi connectivity index (χ3n) is 5.49. The first-order valence-corrected chi connectivity index (χ1v) is 9.16. The zero-order valence-corrected chi connectivity index (χ0v) is 15.2. The smallest absolute Gasteiger partial charge is 0.255 e. The molecule has 4 rings (SSSR count). The fourth-order valence-electron chi connectivity index (χ4n) is 4.00. The van der Waals surface area contributed by atoms with Crippen LogP contribution in [-0.4, -0.2) is 52.6 Å². The number of piperidine rings is 1. The molecule has 27 heavy (non-hydrogen) atoms. The molecule has 1 N–H and O–H groups in total. The highest BCUT2D eigenvalue weighted by atomic mass is 16.2. The van der Waals surface area contributed by atoms with E-state index in [4.69, 9.17) is 0 Å². The van der Waals surface area contributed by atoms with Gasteiger partial charge in [-0.25, -0.2) is 0 Å². The van der Waals surface area contributed by atoms with E-state index in [0.29, 0.717) is 25.1 Å². The first-order valence-electron chi connectivity index (χ1n) is 9.16. The highest BCUT2D eigenvalue weighted by Crippen LogP contribution is 2.31. The lowest BCUT2D eigenvalue weighted by Crippen LogP contribution is -2.52. The summed E-state index contributed by atoms with van der Waals surface area (Å²) in [6.45, 7) is 3.23. The van der Waals surface area contributed by atoms with E-state index < -0.39 is 11.9 Å². The van der Waals surface area contributed by atoms with Gasteiger partial charge >= 0.3 is 0 Å². The Balaban J connectivity index is 1.56. The van der Waals surface area contributed by atoms with Crippen molar-refractivity contribution in [3.63, 3.8) is 0 Å². The topological polar surface area (TPSA) is 86.8 Å². The van der Waals surface area contributed by atoms with Crippen molar-refractivity contribution < 1.29 is 19.2 Å². The lowest BCUT2D eigenvalue weighted by atomic mass is 9.97. The molecule has 3 heterocycles. The van der Waals surface area contributed by atoms with E-state index >= 15 is 0 Å². The van der Waals surface area contributed by atoms with Crippen LogP contribution >= 0.6 is 0 Å². The Hall–Kier alpha value is -2.96. The van der Waals surface area contributed by atoms with Crippen molar-refractivity contribution in [1.29, 1.82) is 0 Å². The number of nitrogens with one attached hydrogen (secondary N) is 1. The van der Waals surface area contributed by atoms with Crippen LogP contribution < -0.4 is 5.32 Å². The zero-order valence-electron chi connectivity index (χ0n) is 15.2. The molecule has 0 aromatic heterocycles. The van der Waals surface area contributed by atoms with Crippen LogP contribution in [0, 0.1) is 0 Å². The third-order valence-corrected chi connectivity index (χ3v) is 5.49. The molecule has 0 saturated carbocycles. The Labute approximate surface area is 157 Å². The summed E-state index contributed by atoms with van der Waals surface area (Å²) in [5, 5.41) is 2.31. The molecular weight excluding hydrogens is 346 g/mol. The molecule has 3 aliphatic heterocycles. The number of benzene rings is 1. The van der Waals surface area contributed by atoms with Crippen molar-refractivity contribution in [2.75, 3.05) is 13.1 Å². The van der Waals surface area contributed by atoms with Crippen LogP contribution in [0.3, 0.4) is 0 Å². The second-order valence-electron chi connectivity index (χ2n) is 7.23. The van der Waals surface area contributed by atoms with Crippen LogP contribution in [0.1, 0.15) is 47.7 Å². The van der Waals surface area contributed by atoms with Crippen molar-refractivity contribution >= 4 is 29.2 Å². The molecule has 1 atom stereocenters. The van der Waals surface area contributed by atoms with Crippen LogP contribution in [0.5, 0.6) is 0 Å². The van der Waals surface area contributed by atoms with E-state index in [1.807, 2.05) is 17.0 Å². The molecular formula is C20H21N3O4. The molecule has 1 saturated heterocycles. The summed E-state index contributed by atoms with van der Waals surface area (Å²) < 4.78 is 0. The highest BCUT2D eigenvalue weighted by Gasteiger charge is 2.39. The van der Waals surface area contributed by atoms with Crippen LogP contribution in [0.4, 0.5) is 0 Å². The Kier molecular flexibility index (Phi) is 4.30. The summed E-state index contributed by atoms with van der Waals surface area (Å²) in [5.41, 5.74) is 3.55. The second-order valence-corrected chi connectivity index (χ2v) is 7.23. The Morgan fingerprint density at radius 1 is 1.19 bits per heavy atom. The van der Waals surface area contributed by atoms with Gasteiger partial charge in [0.1, 0.15) is 6.04 Å². The molecule has 7 nitrogen and oxygen atoms in total. The van der Waals surface area contributed by atoms with Gasteiger partial charge in [0.2, 0.25) is 17.7 Å². The van der Waals surface area contributed by atoms with E-state index in [0.717, 1.165) is 29.7 Å². The largest absolute Gasteiger partial charge is 0.338 e. The van der Waals surface area contributed by atoms with Crippen molar-refractivity contribution in [3.05, 3.63) is 41.0 Å². The Morgan fingerprint density at radius 3 is 2.74 bits per heavy atom. The fraction of sp³-hybridized carbons (Fsp3) is 0.400. The number of carbonyl (C=O) groups is 4. The average Bonchev–Trinajstić information content (AvgIpc) is 2.98. The van der Waals surface area contributed by atoms with Gasteiger partial charge in [-0.05, 0) is 41.7 Å². The van der Waals surface area contributed by atoms with E-state index in [1.165, 1.54) is 0 Å². The predicted molar refractivity (Wildman–Crippen MR) is 97.3 cm³/mol. The number of hydrogen-bond acceptors (Lipinski definition) is 4. The quantitative estimate of drug-likeness (QED) is 0.793. The minimum Gasteiger partial charge on any atom is -0.338 e. The molecule has 1 aromatic rings. The molecule has 0 radical (unpaired) electrons. The first-order chi connectivity index (χ1) is 12.9. The number of fused-ring (bicyclic) bond motifs is 1. The summed E-state index contributed by atoms with van der Waals surface area (Å²) in [5.74, 6) is -0.809. The lowest BCUT2D eigenvalue weighted by molar-refractivity contribution is -0.137. The number of carbonyl (C=O) groups excluding carboxylic acids is 4. The molecule has 0 bridgehead atoms. The van der Waals surface area contributed by atoms with Crippen molar-refractivity contribution in [2.45, 2.75) is 38.8 Å². The van der Waals surface area contributed by atoms with E-state index in [-0.39, 0.29) is 24.1 Å². The van der Waals surface area contributed by atoms with Crippen LogP contribution in [0.25, 0.3) is 5.57 Å². The summed E-state index contributed by atoms with van der Waals surface area (Å²) in [7, 11) is 0. The normalized spacial score (nSPS) is 22.5. The molecule has 1 aromatic carbocycles. The molecule has 140 valence electrons. The van der Waals surface area contributed by atoms with Crippen LogP contribution in [0.2, 0.25) is 0 Å². The summed E-state index contributed by atoms with van der Waals surface area (Å²) in [6.07, 6.45) is 3.55. The summed E-state index contributed by atoms with van der Waals surface area (Å²) >= 11 is 0. The standard InChI is InChI=1S/C20H21N3O4/c1-12(24)22-8-2-3-14(10-22)13-4-5-16-15(9-13)11-23(20(16)27)17-6-7-18(25)21-19(17)26/h3-5,9,17H,2,6-8,10-11H2,1H3,(H,21,25,26). The van der Waals surface area contributed by atoms with Crippen molar-refractivity contribution in [1.82, 2.24) is 15.1 Å². The summed E-state index contributed by atoms with van der Waals surface area (Å²) in [6, 6.07) is 5.08. The lowest BCUT2D eigenvalue weighted by Gasteiger charge is -2.29. The zero-order chi connectivity index (χ0) is 19.1. The van der Waals surface area contributed by atoms with Gasteiger partial charge in [0.05, 0.1) is 0 Å². The maximum atomic E-state index is 12.7. The minimum absolute atomic E-state index is 0.0565. The molecule has 0 aliphatic carbocycles. The van der Waals surface area contributed by atoms with E-state index in [9.17, 15) is 19.2 Å². The number of nitrogens with zero attached hydrogens (tertiary/aromatic N) is 2. The third kappa shape index (κ3) is 3.13. The molecule has 1 unspecified atom stereocenters. The van der Waals surface area contributed by atoms with Gasteiger partial charge < -0.3 is 9.80 Å². The van der Waals surface area contributed by atoms with Gasteiger partial charge in [-0.1, -0.05) is 12.1 Å². The minimum atomic E-state index is -0.604. The molecule has 3 aliphatic rings. The molecule has 4 amide bonds. The van der Waals surface area contributed by atoms with E-state index in [1.54, 1.807) is 17.9 Å². The van der Waals surface area contributed by atoms with Crippen LogP contribution in [0.15, 0.2) is 24.3 Å². The monoisotopic (exact) mass is 367 g/mol. The van der Waals surface area contributed by atoms with Crippen molar-refractivity contribution in [3.8, 4) is 0 Å². The van der Waals surface area contributed by atoms with Gasteiger partial charge in [-0.2, -0.15) is 0 Å². The summed E-state index contributed by atoms with van der Waals surface area (Å²) in [4.78, 5) is 51.3. The molecule has 7 heteroatoms. The number of hydrogen-bond donors (Lipinski definition) is 1. The molecule has 0 spiro atoms. The van der Waals surface area contributed by atoms with Gasteiger partial charge in [-0.3, -0.25) is 24.5 Å². The van der Waals surface area contributed by atoms with Gasteiger partial charge in [0.15, 0.2) is 0 Å². The average molecular weight is 367 g/mol. The van der Waals surface area contributed by atoms with Crippen LogP contribution in [-0.2, 0) is 20.9 Å². The highest BCUT2D eigenvalue weighted by molar-refractivity contribution is 6.05.